The van der Waals surface area contributed by atoms with Crippen molar-refractivity contribution in [1.29, 1.82) is 0 Å². The first-order chi connectivity index (χ1) is 13.0. The number of nitrogens with one attached hydrogen (secondary N) is 1. The predicted octanol–water partition coefficient (Wildman–Crippen LogP) is 3.09. The van der Waals surface area contributed by atoms with E-state index in [4.69, 9.17) is 4.74 Å². The number of hydrogen-bond donors (Lipinski definition) is 1. The smallest absolute Gasteiger partial charge is 0.232 e. The summed E-state index contributed by atoms with van der Waals surface area (Å²) in [6.45, 7) is 6.71. The predicted molar refractivity (Wildman–Crippen MR) is 107 cm³/mol. The van der Waals surface area contributed by atoms with Gasteiger partial charge in [0, 0.05) is 38.9 Å². The lowest BCUT2D eigenvalue weighted by Gasteiger charge is -2.19. The number of aryl methyl sites for hydroxylation is 2. The Hall–Kier alpha value is -2.74. The van der Waals surface area contributed by atoms with Crippen molar-refractivity contribution in [2.24, 2.45) is 0 Å². The zero-order chi connectivity index (χ0) is 19.6. The van der Waals surface area contributed by atoms with Gasteiger partial charge in [-0.2, -0.15) is 14.6 Å². The van der Waals surface area contributed by atoms with Crippen LogP contribution in [0.5, 0.6) is 0 Å². The fourth-order valence-electron chi connectivity index (χ4n) is 3.15. The summed E-state index contributed by atoms with van der Waals surface area (Å²) in [7, 11) is 5.66. The van der Waals surface area contributed by atoms with Gasteiger partial charge in [0.05, 0.1) is 18.5 Å². The third kappa shape index (κ3) is 3.71. The molecular weight excluding hydrogens is 342 g/mol. The fourth-order valence-corrected chi connectivity index (χ4v) is 3.15. The molecule has 8 heteroatoms. The number of fused-ring (bicyclic) bond motifs is 1. The lowest BCUT2D eigenvalue weighted by Crippen LogP contribution is -2.15. The molecule has 1 unspecified atom stereocenters. The minimum Gasteiger partial charge on any atom is -0.384 e. The van der Waals surface area contributed by atoms with Crippen molar-refractivity contribution in [2.75, 3.05) is 38.0 Å². The summed E-state index contributed by atoms with van der Waals surface area (Å²) in [6, 6.07) is 1.97. The van der Waals surface area contributed by atoms with Crippen LogP contribution in [0.2, 0.25) is 0 Å². The van der Waals surface area contributed by atoms with Gasteiger partial charge in [-0.25, -0.2) is 9.97 Å². The number of pyridine rings is 1. The number of ether oxygens (including phenoxy) is 1. The highest BCUT2D eigenvalue weighted by molar-refractivity contribution is 5.73. The number of anilines is 3. The fraction of sp³-hybridized carbons (Fsp3) is 0.474. The van der Waals surface area contributed by atoms with Gasteiger partial charge in [-0.3, -0.25) is 0 Å². The molecule has 3 aromatic heterocycles. The van der Waals surface area contributed by atoms with E-state index in [1.165, 1.54) is 0 Å². The van der Waals surface area contributed by atoms with Crippen LogP contribution in [-0.2, 0) is 4.74 Å². The standard InChI is InChI=1S/C19H27N7O/c1-7-14(11-27-6)15-10-21-26-17(15)22-13(3)23-19(26)24-16-12(2)8-9-20-18(16)25(4)5/h8-10,14H,7,11H2,1-6H3,(H,22,23,24). The molecule has 3 rings (SSSR count). The van der Waals surface area contributed by atoms with Crippen molar-refractivity contribution in [2.45, 2.75) is 33.1 Å². The molecule has 0 bridgehead atoms. The van der Waals surface area contributed by atoms with Crippen LogP contribution in [0.3, 0.4) is 0 Å². The van der Waals surface area contributed by atoms with Crippen LogP contribution in [0.15, 0.2) is 18.5 Å². The average Bonchev–Trinajstić information content (AvgIpc) is 3.04. The monoisotopic (exact) mass is 369 g/mol. The number of nitrogens with zero attached hydrogens (tertiary/aromatic N) is 6. The Balaban J connectivity index is 2.11. The first-order valence-corrected chi connectivity index (χ1v) is 9.07. The topological polar surface area (TPSA) is 80.5 Å². The Bertz CT molecular complexity index is 935. The molecule has 0 aliphatic rings. The van der Waals surface area contributed by atoms with E-state index in [0.717, 1.165) is 34.7 Å². The first kappa shape index (κ1) is 19.0. The van der Waals surface area contributed by atoms with Gasteiger partial charge in [-0.1, -0.05) is 6.92 Å². The molecule has 1 atom stereocenters. The second-order valence-corrected chi connectivity index (χ2v) is 6.84. The molecule has 0 spiro atoms. The summed E-state index contributed by atoms with van der Waals surface area (Å²) in [4.78, 5) is 15.7. The SMILES string of the molecule is CCC(COC)c1cnn2c(Nc3c(C)ccnc3N(C)C)nc(C)nc12. The maximum absolute atomic E-state index is 5.37. The molecule has 0 amide bonds. The van der Waals surface area contributed by atoms with E-state index in [-0.39, 0.29) is 5.92 Å². The van der Waals surface area contributed by atoms with E-state index in [0.29, 0.717) is 18.4 Å². The summed E-state index contributed by atoms with van der Waals surface area (Å²) < 4.78 is 7.13. The highest BCUT2D eigenvalue weighted by Gasteiger charge is 2.20. The third-order valence-electron chi connectivity index (χ3n) is 4.61. The van der Waals surface area contributed by atoms with Crippen LogP contribution < -0.4 is 10.2 Å². The summed E-state index contributed by atoms with van der Waals surface area (Å²) >= 11 is 0. The number of hydrogen-bond acceptors (Lipinski definition) is 7. The minimum atomic E-state index is 0.243. The molecule has 3 heterocycles. The number of aromatic nitrogens is 5. The van der Waals surface area contributed by atoms with Crippen molar-refractivity contribution in [1.82, 2.24) is 24.6 Å². The van der Waals surface area contributed by atoms with Gasteiger partial charge in [-0.05, 0) is 31.9 Å². The lowest BCUT2D eigenvalue weighted by atomic mass is 10.0. The number of methoxy groups -OCH3 is 1. The summed E-state index contributed by atoms with van der Waals surface area (Å²) in [6.07, 6.45) is 4.62. The maximum atomic E-state index is 5.37. The molecule has 144 valence electrons. The molecule has 0 saturated carbocycles. The van der Waals surface area contributed by atoms with Crippen molar-refractivity contribution in [3.05, 3.63) is 35.4 Å². The van der Waals surface area contributed by atoms with Crippen molar-refractivity contribution < 1.29 is 4.74 Å². The largest absolute Gasteiger partial charge is 0.384 e. The van der Waals surface area contributed by atoms with Crippen LogP contribution in [0, 0.1) is 13.8 Å². The Morgan fingerprint density at radius 3 is 2.70 bits per heavy atom. The molecule has 27 heavy (non-hydrogen) atoms. The van der Waals surface area contributed by atoms with E-state index < -0.39 is 0 Å². The highest BCUT2D eigenvalue weighted by Crippen LogP contribution is 2.30. The maximum Gasteiger partial charge on any atom is 0.232 e. The average molecular weight is 369 g/mol. The zero-order valence-corrected chi connectivity index (χ0v) is 16.8. The molecule has 8 nitrogen and oxygen atoms in total. The first-order valence-electron chi connectivity index (χ1n) is 9.07. The summed E-state index contributed by atoms with van der Waals surface area (Å²) in [5.41, 5.74) is 3.87. The normalized spacial score (nSPS) is 12.4. The van der Waals surface area contributed by atoms with Gasteiger partial charge in [0.25, 0.3) is 0 Å². The molecule has 0 saturated heterocycles. The van der Waals surface area contributed by atoms with Crippen LogP contribution in [0.4, 0.5) is 17.5 Å². The summed E-state index contributed by atoms with van der Waals surface area (Å²) in [5.74, 6) is 2.40. The van der Waals surface area contributed by atoms with Gasteiger partial charge >= 0.3 is 0 Å². The van der Waals surface area contributed by atoms with E-state index >= 15 is 0 Å². The quantitative estimate of drug-likeness (QED) is 0.685. The molecule has 0 aliphatic carbocycles. The van der Waals surface area contributed by atoms with Crippen molar-refractivity contribution in [3.63, 3.8) is 0 Å². The second kappa shape index (κ2) is 7.87. The van der Waals surface area contributed by atoms with Crippen LogP contribution >= 0.6 is 0 Å². The van der Waals surface area contributed by atoms with Gasteiger partial charge in [0.1, 0.15) is 5.82 Å². The van der Waals surface area contributed by atoms with E-state index in [9.17, 15) is 0 Å². The third-order valence-corrected chi connectivity index (χ3v) is 4.61. The molecule has 0 aliphatic heterocycles. The van der Waals surface area contributed by atoms with E-state index in [1.54, 1.807) is 17.8 Å². The van der Waals surface area contributed by atoms with Gasteiger partial charge in [-0.15, -0.1) is 0 Å². The Labute approximate surface area is 159 Å². The van der Waals surface area contributed by atoms with Crippen molar-refractivity contribution >= 4 is 23.1 Å². The molecule has 0 aromatic carbocycles. The molecule has 1 N–H and O–H groups in total. The van der Waals surface area contributed by atoms with Crippen molar-refractivity contribution in [3.8, 4) is 0 Å². The zero-order valence-electron chi connectivity index (χ0n) is 16.8. The van der Waals surface area contributed by atoms with E-state index in [2.05, 4.69) is 32.3 Å². The van der Waals surface area contributed by atoms with Gasteiger partial charge in [0.2, 0.25) is 5.95 Å². The minimum absolute atomic E-state index is 0.243. The second-order valence-electron chi connectivity index (χ2n) is 6.84. The Morgan fingerprint density at radius 1 is 1.26 bits per heavy atom. The molecular formula is C19H27N7O. The summed E-state index contributed by atoms with van der Waals surface area (Å²) in [5, 5.41) is 7.97. The molecule has 3 aromatic rings. The highest BCUT2D eigenvalue weighted by atomic mass is 16.5. The molecule has 0 radical (unpaired) electrons. The number of rotatable bonds is 7. The lowest BCUT2D eigenvalue weighted by molar-refractivity contribution is 0.178. The van der Waals surface area contributed by atoms with Crippen LogP contribution in [0.25, 0.3) is 5.65 Å². The van der Waals surface area contributed by atoms with Gasteiger partial charge in [0.15, 0.2) is 11.5 Å². The van der Waals surface area contributed by atoms with Crippen LogP contribution in [0.1, 0.15) is 36.2 Å². The molecule has 0 fully saturated rings. The Morgan fingerprint density at radius 2 is 2.04 bits per heavy atom. The van der Waals surface area contributed by atoms with Gasteiger partial charge < -0.3 is 15.0 Å². The van der Waals surface area contributed by atoms with E-state index in [1.807, 2.05) is 45.1 Å². The van der Waals surface area contributed by atoms with Crippen LogP contribution in [-0.4, -0.2) is 52.4 Å². The Kier molecular flexibility index (Phi) is 5.55.